The molecule has 4 nitrogen and oxygen atoms in total. The van der Waals surface area contributed by atoms with Crippen LogP contribution in [0.2, 0.25) is 0 Å². The fourth-order valence-electron chi connectivity index (χ4n) is 2.72. The first-order valence-electron chi connectivity index (χ1n) is 7.16. The van der Waals surface area contributed by atoms with Crippen molar-refractivity contribution in [3.05, 3.63) is 51.4 Å². The van der Waals surface area contributed by atoms with Gasteiger partial charge >= 0.3 is 0 Å². The lowest BCUT2D eigenvalue weighted by Crippen LogP contribution is -2.03. The number of rotatable bonds is 3. The third kappa shape index (κ3) is 2.77. The van der Waals surface area contributed by atoms with Gasteiger partial charge in [-0.25, -0.2) is 4.98 Å². The van der Waals surface area contributed by atoms with Gasteiger partial charge in [-0.1, -0.05) is 18.2 Å². The predicted molar refractivity (Wildman–Crippen MR) is 101 cm³/mol. The summed E-state index contributed by atoms with van der Waals surface area (Å²) >= 11 is 5.04. The van der Waals surface area contributed by atoms with E-state index < -0.39 is 0 Å². The molecule has 2 aromatic heterocycles. The largest absolute Gasteiger partial charge is 0.496 e. The number of halogens is 1. The number of thiophene rings is 1. The lowest BCUT2D eigenvalue weighted by Gasteiger charge is -2.17. The molecule has 0 aliphatic carbocycles. The second-order valence-corrected chi connectivity index (χ2v) is 7.59. The standard InChI is InChI=1S/C18H14BrN3OS/c1-10-16(11-5-3-4-6-13(11)23-2)17(12(9-20)18(21)22-10)14-7-8-15(19)24-14/h3-8H,1-2H3,(H2,21,22). The molecule has 2 N–H and O–H groups in total. The molecule has 0 amide bonds. The van der Waals surface area contributed by atoms with E-state index in [1.165, 1.54) is 0 Å². The fourth-order valence-corrected chi connectivity index (χ4v) is 4.16. The van der Waals surface area contributed by atoms with E-state index in [1.54, 1.807) is 18.4 Å². The van der Waals surface area contributed by atoms with Gasteiger partial charge in [0.15, 0.2) is 0 Å². The minimum absolute atomic E-state index is 0.244. The first-order chi connectivity index (χ1) is 11.6. The first kappa shape index (κ1) is 16.5. The lowest BCUT2D eigenvalue weighted by molar-refractivity contribution is 0.416. The van der Waals surface area contributed by atoms with Crippen LogP contribution in [-0.2, 0) is 0 Å². The van der Waals surface area contributed by atoms with Crippen molar-refractivity contribution in [2.45, 2.75) is 6.92 Å². The molecule has 120 valence electrons. The molecule has 0 radical (unpaired) electrons. The summed E-state index contributed by atoms with van der Waals surface area (Å²) in [6.07, 6.45) is 0. The molecule has 0 saturated heterocycles. The number of aromatic nitrogens is 1. The predicted octanol–water partition coefficient (Wildman–Crippen LogP) is 5.01. The van der Waals surface area contributed by atoms with Crippen LogP contribution in [0, 0.1) is 18.3 Å². The number of hydrogen-bond acceptors (Lipinski definition) is 5. The Morgan fingerprint density at radius 2 is 1.96 bits per heavy atom. The number of nitrogens with two attached hydrogens (primary N) is 1. The van der Waals surface area contributed by atoms with Gasteiger partial charge < -0.3 is 10.5 Å². The van der Waals surface area contributed by atoms with Gasteiger partial charge in [0.25, 0.3) is 0 Å². The van der Waals surface area contributed by atoms with Crippen LogP contribution in [0.4, 0.5) is 5.82 Å². The number of anilines is 1. The zero-order chi connectivity index (χ0) is 17.3. The van der Waals surface area contributed by atoms with Gasteiger partial charge in [-0.3, -0.25) is 0 Å². The number of nitrogens with zero attached hydrogens (tertiary/aromatic N) is 2. The molecule has 24 heavy (non-hydrogen) atoms. The number of ether oxygens (including phenoxy) is 1. The molecule has 3 aromatic rings. The average Bonchev–Trinajstić information content (AvgIpc) is 3.00. The molecule has 0 aliphatic heterocycles. The smallest absolute Gasteiger partial charge is 0.142 e. The van der Waals surface area contributed by atoms with Crippen LogP contribution in [0.5, 0.6) is 5.75 Å². The Kier molecular flexibility index (Phi) is 4.56. The summed E-state index contributed by atoms with van der Waals surface area (Å²) in [6.45, 7) is 1.89. The highest BCUT2D eigenvalue weighted by atomic mass is 79.9. The molecule has 3 rings (SSSR count). The lowest BCUT2D eigenvalue weighted by atomic mass is 9.93. The Balaban J connectivity index is 2.44. The van der Waals surface area contributed by atoms with Gasteiger partial charge in [-0.2, -0.15) is 5.26 Å². The summed E-state index contributed by atoms with van der Waals surface area (Å²) in [5.74, 6) is 0.973. The normalized spacial score (nSPS) is 10.4. The third-order valence-corrected chi connectivity index (χ3v) is 5.35. The maximum absolute atomic E-state index is 9.65. The number of para-hydroxylation sites is 1. The minimum Gasteiger partial charge on any atom is -0.496 e. The molecule has 0 bridgehead atoms. The molecular weight excluding hydrogens is 386 g/mol. The van der Waals surface area contributed by atoms with Crippen molar-refractivity contribution in [3.8, 4) is 33.4 Å². The summed E-state index contributed by atoms with van der Waals surface area (Å²) in [4.78, 5) is 5.34. The molecule has 2 heterocycles. The Morgan fingerprint density at radius 3 is 2.58 bits per heavy atom. The zero-order valence-electron chi connectivity index (χ0n) is 13.1. The third-order valence-electron chi connectivity index (χ3n) is 3.71. The zero-order valence-corrected chi connectivity index (χ0v) is 15.5. The van der Waals surface area contributed by atoms with Gasteiger partial charge in [0.2, 0.25) is 0 Å². The Bertz CT molecular complexity index is 959. The van der Waals surface area contributed by atoms with Crippen LogP contribution in [0.3, 0.4) is 0 Å². The van der Waals surface area contributed by atoms with Crippen LogP contribution in [-0.4, -0.2) is 12.1 Å². The summed E-state index contributed by atoms with van der Waals surface area (Å²) in [7, 11) is 1.63. The van der Waals surface area contributed by atoms with E-state index in [0.29, 0.717) is 5.56 Å². The van der Waals surface area contributed by atoms with Crippen LogP contribution in [0.1, 0.15) is 11.3 Å². The maximum atomic E-state index is 9.65. The number of pyridine rings is 1. The SMILES string of the molecule is COc1ccccc1-c1c(C)nc(N)c(C#N)c1-c1ccc(Br)s1. The Morgan fingerprint density at radius 1 is 1.21 bits per heavy atom. The number of aryl methyl sites for hydroxylation is 1. The molecule has 0 saturated carbocycles. The van der Waals surface area contributed by atoms with Crippen molar-refractivity contribution in [1.29, 1.82) is 5.26 Å². The van der Waals surface area contributed by atoms with E-state index in [9.17, 15) is 5.26 Å². The van der Waals surface area contributed by atoms with Crippen molar-refractivity contribution < 1.29 is 4.74 Å². The van der Waals surface area contributed by atoms with Gasteiger partial charge in [-0.05, 0) is 41.1 Å². The summed E-state index contributed by atoms with van der Waals surface area (Å²) in [5.41, 5.74) is 9.72. The van der Waals surface area contributed by atoms with Gasteiger partial charge in [0, 0.05) is 27.3 Å². The molecule has 0 spiro atoms. The maximum Gasteiger partial charge on any atom is 0.142 e. The van der Waals surface area contributed by atoms with Crippen LogP contribution in [0.25, 0.3) is 21.6 Å². The molecule has 0 atom stereocenters. The molecule has 0 unspecified atom stereocenters. The van der Waals surface area contributed by atoms with E-state index in [4.69, 9.17) is 10.5 Å². The second-order valence-electron chi connectivity index (χ2n) is 5.12. The van der Waals surface area contributed by atoms with Crippen molar-refractivity contribution in [2.24, 2.45) is 0 Å². The summed E-state index contributed by atoms with van der Waals surface area (Å²) < 4.78 is 6.49. The van der Waals surface area contributed by atoms with Crippen LogP contribution < -0.4 is 10.5 Å². The number of nitriles is 1. The highest BCUT2D eigenvalue weighted by molar-refractivity contribution is 9.11. The van der Waals surface area contributed by atoms with Crippen LogP contribution in [0.15, 0.2) is 40.2 Å². The number of hydrogen-bond donors (Lipinski definition) is 1. The van der Waals surface area contributed by atoms with E-state index in [-0.39, 0.29) is 5.82 Å². The fraction of sp³-hybridized carbons (Fsp3) is 0.111. The van der Waals surface area contributed by atoms with Gasteiger partial charge in [0.1, 0.15) is 23.2 Å². The van der Waals surface area contributed by atoms with Crippen molar-refractivity contribution in [3.63, 3.8) is 0 Å². The molecule has 6 heteroatoms. The van der Waals surface area contributed by atoms with Crippen molar-refractivity contribution >= 4 is 33.1 Å². The Labute approximate surface area is 152 Å². The monoisotopic (exact) mass is 399 g/mol. The first-order valence-corrected chi connectivity index (χ1v) is 8.77. The van der Waals surface area contributed by atoms with E-state index in [2.05, 4.69) is 27.0 Å². The molecule has 0 aliphatic rings. The minimum atomic E-state index is 0.244. The topological polar surface area (TPSA) is 71.9 Å². The average molecular weight is 400 g/mol. The quantitative estimate of drug-likeness (QED) is 0.671. The number of benzene rings is 1. The van der Waals surface area contributed by atoms with Crippen LogP contribution >= 0.6 is 27.3 Å². The number of nitrogen functional groups attached to an aromatic ring is 1. The summed E-state index contributed by atoms with van der Waals surface area (Å²) in [6, 6.07) is 13.9. The van der Waals surface area contributed by atoms with E-state index >= 15 is 0 Å². The molecule has 0 fully saturated rings. The second kappa shape index (κ2) is 6.63. The molecular formula is C18H14BrN3OS. The summed E-state index contributed by atoms with van der Waals surface area (Å²) in [5, 5.41) is 9.65. The van der Waals surface area contributed by atoms with Crippen molar-refractivity contribution in [2.75, 3.05) is 12.8 Å². The van der Waals surface area contributed by atoms with E-state index in [0.717, 1.165) is 36.8 Å². The highest BCUT2D eigenvalue weighted by Gasteiger charge is 2.22. The number of methoxy groups -OCH3 is 1. The highest BCUT2D eigenvalue weighted by Crippen LogP contribution is 2.44. The van der Waals surface area contributed by atoms with E-state index in [1.807, 2.05) is 43.3 Å². The van der Waals surface area contributed by atoms with Crippen molar-refractivity contribution in [1.82, 2.24) is 4.98 Å². The Hall–Kier alpha value is -2.36. The van der Waals surface area contributed by atoms with Gasteiger partial charge in [0.05, 0.1) is 10.9 Å². The van der Waals surface area contributed by atoms with Gasteiger partial charge in [-0.15, -0.1) is 11.3 Å². The molecule has 1 aromatic carbocycles.